The van der Waals surface area contributed by atoms with Crippen LogP contribution in [0.15, 0.2) is 36.4 Å². The van der Waals surface area contributed by atoms with Crippen LogP contribution >= 0.6 is 0 Å². The van der Waals surface area contributed by atoms with Crippen LogP contribution in [0.3, 0.4) is 0 Å². The molecule has 2 aromatic carbocycles. The van der Waals surface area contributed by atoms with Gasteiger partial charge in [-0.15, -0.1) is 0 Å². The standard InChI is InChI=1S/C14H14O3.C2H6/c1-15-13-6-7-14(17-9-10-8-16-10)12-5-3-2-4-11(12)13;1-2/h2-7,10H,8-9H2,1H3;1-2H3. The molecular weight excluding hydrogens is 240 g/mol. The second-order valence-electron chi connectivity index (χ2n) is 4.08. The molecule has 1 saturated heterocycles. The Hall–Kier alpha value is -1.74. The second-order valence-corrected chi connectivity index (χ2v) is 4.08. The Balaban J connectivity index is 0.000000637. The summed E-state index contributed by atoms with van der Waals surface area (Å²) in [4.78, 5) is 0. The highest BCUT2D eigenvalue weighted by molar-refractivity contribution is 5.93. The average Bonchev–Trinajstić information content (AvgIpc) is 3.31. The van der Waals surface area contributed by atoms with E-state index in [-0.39, 0.29) is 6.10 Å². The van der Waals surface area contributed by atoms with E-state index < -0.39 is 0 Å². The summed E-state index contributed by atoms with van der Waals surface area (Å²) in [5, 5.41) is 2.15. The van der Waals surface area contributed by atoms with Crippen molar-refractivity contribution in [3.05, 3.63) is 36.4 Å². The summed E-state index contributed by atoms with van der Waals surface area (Å²) >= 11 is 0. The molecule has 1 aliphatic heterocycles. The maximum Gasteiger partial charge on any atom is 0.127 e. The minimum atomic E-state index is 0.274. The van der Waals surface area contributed by atoms with Crippen LogP contribution in [0.1, 0.15) is 13.8 Å². The lowest BCUT2D eigenvalue weighted by molar-refractivity contribution is 0.265. The molecule has 102 valence electrons. The maximum atomic E-state index is 5.76. The Morgan fingerprint density at radius 1 is 1.05 bits per heavy atom. The van der Waals surface area contributed by atoms with Gasteiger partial charge in [-0.25, -0.2) is 0 Å². The number of rotatable bonds is 4. The summed E-state index contributed by atoms with van der Waals surface area (Å²) in [6, 6.07) is 12.0. The molecule has 1 atom stereocenters. The molecule has 2 aromatic rings. The van der Waals surface area contributed by atoms with Gasteiger partial charge in [0.05, 0.1) is 13.7 Å². The van der Waals surface area contributed by atoms with Crippen molar-refractivity contribution in [3.8, 4) is 11.5 Å². The topological polar surface area (TPSA) is 31.0 Å². The molecule has 0 amide bonds. The second kappa shape index (κ2) is 6.43. The number of benzene rings is 2. The Labute approximate surface area is 114 Å². The fraction of sp³-hybridized carbons (Fsp3) is 0.375. The van der Waals surface area contributed by atoms with E-state index in [1.807, 2.05) is 50.2 Å². The number of methoxy groups -OCH3 is 1. The van der Waals surface area contributed by atoms with Gasteiger partial charge in [0.2, 0.25) is 0 Å². The van der Waals surface area contributed by atoms with E-state index in [2.05, 4.69) is 0 Å². The van der Waals surface area contributed by atoms with Gasteiger partial charge in [-0.2, -0.15) is 0 Å². The van der Waals surface area contributed by atoms with Crippen LogP contribution in [0.2, 0.25) is 0 Å². The Kier molecular flexibility index (Phi) is 4.63. The van der Waals surface area contributed by atoms with Gasteiger partial charge in [0.15, 0.2) is 0 Å². The zero-order chi connectivity index (χ0) is 13.7. The minimum absolute atomic E-state index is 0.274. The molecule has 1 aliphatic rings. The Morgan fingerprint density at radius 2 is 1.63 bits per heavy atom. The molecule has 3 nitrogen and oxygen atoms in total. The van der Waals surface area contributed by atoms with Crippen LogP contribution in [-0.2, 0) is 4.74 Å². The summed E-state index contributed by atoms with van der Waals surface area (Å²) in [5.74, 6) is 1.76. The van der Waals surface area contributed by atoms with Crippen LogP contribution in [0, 0.1) is 0 Å². The predicted molar refractivity (Wildman–Crippen MR) is 77.1 cm³/mol. The average molecular weight is 260 g/mol. The fourth-order valence-electron chi connectivity index (χ4n) is 1.89. The molecule has 19 heavy (non-hydrogen) atoms. The normalized spacial score (nSPS) is 16.5. The monoisotopic (exact) mass is 260 g/mol. The first-order chi connectivity index (χ1) is 9.38. The molecule has 1 unspecified atom stereocenters. The van der Waals surface area contributed by atoms with E-state index in [4.69, 9.17) is 14.2 Å². The highest BCUT2D eigenvalue weighted by atomic mass is 16.6. The van der Waals surface area contributed by atoms with Gasteiger partial charge in [-0.1, -0.05) is 38.1 Å². The third-order valence-electron chi connectivity index (χ3n) is 2.89. The number of hydrogen-bond acceptors (Lipinski definition) is 3. The van der Waals surface area contributed by atoms with Crippen LogP contribution in [0.25, 0.3) is 10.8 Å². The first-order valence-corrected chi connectivity index (χ1v) is 6.68. The first-order valence-electron chi connectivity index (χ1n) is 6.68. The third-order valence-corrected chi connectivity index (χ3v) is 2.89. The number of ether oxygens (including phenoxy) is 3. The number of epoxide rings is 1. The number of hydrogen-bond donors (Lipinski definition) is 0. The Morgan fingerprint density at radius 3 is 2.21 bits per heavy atom. The van der Waals surface area contributed by atoms with E-state index in [0.29, 0.717) is 6.61 Å². The van der Waals surface area contributed by atoms with Gasteiger partial charge in [-0.3, -0.25) is 0 Å². The molecule has 3 rings (SSSR count). The van der Waals surface area contributed by atoms with Gasteiger partial charge in [-0.05, 0) is 12.1 Å². The van der Waals surface area contributed by atoms with Gasteiger partial charge in [0.25, 0.3) is 0 Å². The van der Waals surface area contributed by atoms with E-state index in [1.54, 1.807) is 7.11 Å². The lowest BCUT2D eigenvalue weighted by atomic mass is 10.1. The Bertz CT molecular complexity index is 533. The molecule has 0 N–H and O–H groups in total. The molecule has 0 bridgehead atoms. The zero-order valence-corrected chi connectivity index (χ0v) is 11.7. The molecule has 0 aliphatic carbocycles. The summed E-state index contributed by atoms with van der Waals surface area (Å²) in [6.07, 6.45) is 0.274. The fourth-order valence-corrected chi connectivity index (χ4v) is 1.89. The van der Waals surface area contributed by atoms with E-state index in [0.717, 1.165) is 28.9 Å². The van der Waals surface area contributed by atoms with Gasteiger partial charge in [0, 0.05) is 10.8 Å². The molecule has 0 radical (unpaired) electrons. The number of fused-ring (bicyclic) bond motifs is 1. The lowest BCUT2D eigenvalue weighted by Gasteiger charge is -2.11. The SMILES string of the molecule is CC.COc1ccc(OCC2CO2)c2ccccc12. The van der Waals surface area contributed by atoms with Gasteiger partial charge < -0.3 is 14.2 Å². The van der Waals surface area contributed by atoms with E-state index in [1.165, 1.54) is 0 Å². The quantitative estimate of drug-likeness (QED) is 0.786. The van der Waals surface area contributed by atoms with Crippen molar-refractivity contribution in [2.24, 2.45) is 0 Å². The molecule has 0 saturated carbocycles. The van der Waals surface area contributed by atoms with Crippen molar-refractivity contribution >= 4 is 10.8 Å². The van der Waals surface area contributed by atoms with Crippen molar-refractivity contribution in [2.45, 2.75) is 20.0 Å². The highest BCUT2D eigenvalue weighted by Gasteiger charge is 2.23. The molecule has 0 aromatic heterocycles. The van der Waals surface area contributed by atoms with E-state index >= 15 is 0 Å². The van der Waals surface area contributed by atoms with Gasteiger partial charge in [0.1, 0.15) is 24.2 Å². The third kappa shape index (κ3) is 3.18. The molecule has 1 heterocycles. The highest BCUT2D eigenvalue weighted by Crippen LogP contribution is 2.33. The van der Waals surface area contributed by atoms with Crippen LogP contribution < -0.4 is 9.47 Å². The predicted octanol–water partition coefficient (Wildman–Crippen LogP) is 3.65. The lowest BCUT2D eigenvalue weighted by Crippen LogP contribution is -2.04. The first kappa shape index (κ1) is 13.7. The van der Waals surface area contributed by atoms with E-state index in [9.17, 15) is 0 Å². The summed E-state index contributed by atoms with van der Waals surface area (Å²) in [5.41, 5.74) is 0. The van der Waals surface area contributed by atoms with Crippen molar-refractivity contribution in [1.82, 2.24) is 0 Å². The van der Waals surface area contributed by atoms with Crippen LogP contribution in [-0.4, -0.2) is 26.4 Å². The summed E-state index contributed by atoms with van der Waals surface area (Å²) < 4.78 is 16.2. The van der Waals surface area contributed by atoms with Crippen molar-refractivity contribution in [1.29, 1.82) is 0 Å². The molecule has 0 spiro atoms. The van der Waals surface area contributed by atoms with Crippen molar-refractivity contribution in [3.63, 3.8) is 0 Å². The van der Waals surface area contributed by atoms with Gasteiger partial charge >= 0.3 is 0 Å². The van der Waals surface area contributed by atoms with Crippen molar-refractivity contribution < 1.29 is 14.2 Å². The smallest absolute Gasteiger partial charge is 0.127 e. The van der Waals surface area contributed by atoms with Crippen molar-refractivity contribution in [2.75, 3.05) is 20.3 Å². The zero-order valence-electron chi connectivity index (χ0n) is 11.7. The largest absolute Gasteiger partial charge is 0.496 e. The maximum absolute atomic E-state index is 5.76. The van der Waals surface area contributed by atoms with Crippen LogP contribution in [0.4, 0.5) is 0 Å². The van der Waals surface area contributed by atoms with Crippen LogP contribution in [0.5, 0.6) is 11.5 Å². The summed E-state index contributed by atoms with van der Waals surface area (Å²) in [6.45, 7) is 5.43. The molecule has 1 fully saturated rings. The minimum Gasteiger partial charge on any atom is -0.496 e. The summed E-state index contributed by atoms with van der Waals surface area (Å²) in [7, 11) is 1.68. The molecular formula is C16H20O3. The molecule has 3 heteroatoms.